The number of imidazole rings is 1. The van der Waals surface area contributed by atoms with Crippen molar-refractivity contribution in [3.63, 3.8) is 0 Å². The molecule has 25 heavy (non-hydrogen) atoms. The highest BCUT2D eigenvalue weighted by molar-refractivity contribution is 5.82. The summed E-state index contributed by atoms with van der Waals surface area (Å²) in [5, 5.41) is 8.81. The van der Waals surface area contributed by atoms with Crippen LogP contribution in [0.5, 0.6) is 5.75 Å². The molecule has 0 saturated carbocycles. The second-order valence-corrected chi connectivity index (χ2v) is 5.60. The van der Waals surface area contributed by atoms with Gasteiger partial charge in [0.2, 0.25) is 0 Å². The van der Waals surface area contributed by atoms with Crippen LogP contribution < -0.4 is 4.74 Å². The van der Waals surface area contributed by atoms with Crippen LogP contribution in [0.1, 0.15) is 0 Å². The molecule has 5 heteroatoms. The summed E-state index contributed by atoms with van der Waals surface area (Å²) in [5.41, 5.74) is 4.94. The van der Waals surface area contributed by atoms with Gasteiger partial charge >= 0.3 is 0 Å². The van der Waals surface area contributed by atoms with Crippen LogP contribution in [0.2, 0.25) is 0 Å². The Morgan fingerprint density at radius 1 is 0.960 bits per heavy atom. The molecule has 124 valence electrons. The molecule has 0 aliphatic heterocycles. The topological polar surface area (TPSA) is 60.2 Å². The van der Waals surface area contributed by atoms with E-state index in [1.807, 2.05) is 59.4 Å². The summed E-state index contributed by atoms with van der Waals surface area (Å²) in [6.45, 7) is 0.302. The molecule has 0 bridgehead atoms. The first-order valence-electron chi connectivity index (χ1n) is 8.08. The van der Waals surface area contributed by atoms with E-state index in [1.54, 1.807) is 6.20 Å². The van der Waals surface area contributed by atoms with E-state index in [2.05, 4.69) is 22.1 Å². The van der Waals surface area contributed by atoms with Crippen molar-refractivity contribution < 1.29 is 9.84 Å². The molecule has 0 unspecified atom stereocenters. The summed E-state index contributed by atoms with van der Waals surface area (Å²) in [6, 6.07) is 19.8. The second kappa shape index (κ2) is 6.75. The fourth-order valence-corrected chi connectivity index (χ4v) is 2.78. The number of pyridine rings is 1. The Balaban J connectivity index is 1.67. The van der Waals surface area contributed by atoms with Gasteiger partial charge in [-0.25, -0.2) is 4.98 Å². The smallest absolute Gasteiger partial charge is 0.119 e. The van der Waals surface area contributed by atoms with Crippen molar-refractivity contribution in [2.75, 3.05) is 13.2 Å². The molecule has 0 aliphatic rings. The van der Waals surface area contributed by atoms with Crippen LogP contribution >= 0.6 is 0 Å². The average molecular weight is 331 g/mol. The largest absolute Gasteiger partial charge is 0.491 e. The fourth-order valence-electron chi connectivity index (χ4n) is 2.78. The first-order chi connectivity index (χ1) is 12.3. The predicted octanol–water partition coefficient (Wildman–Crippen LogP) is 3.46. The molecule has 0 radical (unpaired) electrons. The Bertz CT molecular complexity index is 979. The third-order valence-electron chi connectivity index (χ3n) is 3.98. The zero-order chi connectivity index (χ0) is 17.1. The van der Waals surface area contributed by atoms with E-state index in [9.17, 15) is 0 Å². The molecule has 0 saturated heterocycles. The average Bonchev–Trinajstić information content (AvgIpc) is 3.10. The van der Waals surface area contributed by atoms with Gasteiger partial charge in [-0.3, -0.25) is 9.55 Å². The van der Waals surface area contributed by atoms with Gasteiger partial charge in [0, 0.05) is 17.4 Å². The van der Waals surface area contributed by atoms with Gasteiger partial charge in [0.15, 0.2) is 0 Å². The molecule has 2 heterocycles. The number of rotatable bonds is 5. The highest BCUT2D eigenvalue weighted by Crippen LogP contribution is 2.25. The van der Waals surface area contributed by atoms with Gasteiger partial charge in [-0.05, 0) is 48.5 Å². The Morgan fingerprint density at radius 2 is 1.84 bits per heavy atom. The number of hydrogen-bond acceptors (Lipinski definition) is 4. The maximum Gasteiger partial charge on any atom is 0.119 e. The Hall–Kier alpha value is -3.18. The number of benzene rings is 2. The number of aliphatic hydroxyl groups is 1. The minimum absolute atomic E-state index is 0.00646. The van der Waals surface area contributed by atoms with Crippen molar-refractivity contribution in [2.45, 2.75) is 0 Å². The van der Waals surface area contributed by atoms with E-state index >= 15 is 0 Å². The lowest BCUT2D eigenvalue weighted by Crippen LogP contribution is -2.01. The fraction of sp³-hybridized carbons (Fsp3) is 0.100. The standard InChI is InChI=1S/C20H17N3O2/c24-11-12-25-17-7-5-16(6-8-17)23-14-22-19-13-15(4-9-20(19)23)18-3-1-2-10-21-18/h1-10,13-14,24H,11-12H2. The van der Waals surface area contributed by atoms with Crippen molar-refractivity contribution in [3.8, 4) is 22.7 Å². The van der Waals surface area contributed by atoms with E-state index in [0.29, 0.717) is 6.61 Å². The summed E-state index contributed by atoms with van der Waals surface area (Å²) in [5.74, 6) is 0.736. The summed E-state index contributed by atoms with van der Waals surface area (Å²) >= 11 is 0. The second-order valence-electron chi connectivity index (χ2n) is 5.60. The van der Waals surface area contributed by atoms with Gasteiger partial charge in [0.1, 0.15) is 18.7 Å². The van der Waals surface area contributed by atoms with Gasteiger partial charge in [0.05, 0.1) is 23.3 Å². The summed E-state index contributed by atoms with van der Waals surface area (Å²) in [7, 11) is 0. The maximum atomic E-state index is 8.81. The summed E-state index contributed by atoms with van der Waals surface area (Å²) < 4.78 is 7.43. The van der Waals surface area contributed by atoms with Crippen LogP contribution in [-0.4, -0.2) is 32.9 Å². The molecule has 5 nitrogen and oxygen atoms in total. The molecule has 4 rings (SSSR count). The van der Waals surface area contributed by atoms with Crippen LogP contribution in [0.25, 0.3) is 28.0 Å². The normalized spacial score (nSPS) is 10.9. The molecular weight excluding hydrogens is 314 g/mol. The van der Waals surface area contributed by atoms with E-state index in [1.165, 1.54) is 0 Å². The van der Waals surface area contributed by atoms with Gasteiger partial charge in [-0.2, -0.15) is 0 Å². The zero-order valence-electron chi connectivity index (χ0n) is 13.5. The van der Waals surface area contributed by atoms with E-state index < -0.39 is 0 Å². The predicted molar refractivity (Wildman–Crippen MR) is 96.9 cm³/mol. The molecule has 4 aromatic rings. The molecule has 2 aromatic heterocycles. The van der Waals surface area contributed by atoms with E-state index in [-0.39, 0.29) is 6.61 Å². The molecule has 0 atom stereocenters. The maximum absolute atomic E-state index is 8.81. The molecule has 0 spiro atoms. The van der Waals surface area contributed by atoms with Crippen LogP contribution in [0.4, 0.5) is 0 Å². The zero-order valence-corrected chi connectivity index (χ0v) is 13.5. The van der Waals surface area contributed by atoms with Gasteiger partial charge < -0.3 is 9.84 Å². The van der Waals surface area contributed by atoms with Crippen LogP contribution in [-0.2, 0) is 0 Å². The number of nitrogens with zero attached hydrogens (tertiary/aromatic N) is 3. The lowest BCUT2D eigenvalue weighted by molar-refractivity contribution is 0.201. The molecule has 0 aliphatic carbocycles. The summed E-state index contributed by atoms with van der Waals surface area (Å²) in [4.78, 5) is 8.91. The summed E-state index contributed by atoms with van der Waals surface area (Å²) in [6.07, 6.45) is 3.61. The monoisotopic (exact) mass is 331 g/mol. The number of hydrogen-bond donors (Lipinski definition) is 1. The van der Waals surface area contributed by atoms with Crippen LogP contribution in [0, 0.1) is 0 Å². The van der Waals surface area contributed by atoms with Crippen molar-refractivity contribution in [2.24, 2.45) is 0 Å². The van der Waals surface area contributed by atoms with Gasteiger partial charge in [0.25, 0.3) is 0 Å². The van der Waals surface area contributed by atoms with E-state index in [4.69, 9.17) is 9.84 Å². The number of fused-ring (bicyclic) bond motifs is 1. The third kappa shape index (κ3) is 3.09. The number of aromatic nitrogens is 3. The molecule has 1 N–H and O–H groups in total. The van der Waals surface area contributed by atoms with Crippen molar-refractivity contribution in [1.82, 2.24) is 14.5 Å². The quantitative estimate of drug-likeness (QED) is 0.608. The lowest BCUT2D eigenvalue weighted by Gasteiger charge is -2.08. The molecular formula is C20H17N3O2. The molecule has 0 amide bonds. The molecule has 2 aromatic carbocycles. The van der Waals surface area contributed by atoms with Crippen molar-refractivity contribution in [3.05, 3.63) is 73.2 Å². The van der Waals surface area contributed by atoms with E-state index in [0.717, 1.165) is 33.7 Å². The minimum Gasteiger partial charge on any atom is -0.491 e. The van der Waals surface area contributed by atoms with Gasteiger partial charge in [-0.1, -0.05) is 12.1 Å². The SMILES string of the molecule is OCCOc1ccc(-n2cnc3cc(-c4ccccn4)ccc32)cc1. The van der Waals surface area contributed by atoms with Gasteiger partial charge in [-0.15, -0.1) is 0 Å². The first kappa shape index (κ1) is 15.4. The number of ether oxygens (including phenoxy) is 1. The highest BCUT2D eigenvalue weighted by Gasteiger charge is 2.07. The Labute approximate surface area is 145 Å². The third-order valence-corrected chi connectivity index (χ3v) is 3.98. The number of aliphatic hydroxyl groups excluding tert-OH is 1. The van der Waals surface area contributed by atoms with Crippen LogP contribution in [0.3, 0.4) is 0 Å². The Kier molecular flexibility index (Phi) is 4.14. The van der Waals surface area contributed by atoms with Crippen LogP contribution in [0.15, 0.2) is 73.2 Å². The highest BCUT2D eigenvalue weighted by atomic mass is 16.5. The molecule has 0 fully saturated rings. The van der Waals surface area contributed by atoms with Crippen molar-refractivity contribution >= 4 is 11.0 Å². The minimum atomic E-state index is 0.00646. The Morgan fingerprint density at radius 3 is 2.60 bits per heavy atom. The van der Waals surface area contributed by atoms with Crippen molar-refractivity contribution in [1.29, 1.82) is 0 Å². The lowest BCUT2D eigenvalue weighted by atomic mass is 10.1. The first-order valence-corrected chi connectivity index (χ1v) is 8.08.